The summed E-state index contributed by atoms with van der Waals surface area (Å²) >= 11 is 0. The van der Waals surface area contributed by atoms with Gasteiger partial charge in [0.05, 0.1) is 11.7 Å². The van der Waals surface area contributed by atoms with Crippen molar-refractivity contribution in [2.45, 2.75) is 46.7 Å². The molecule has 1 aliphatic heterocycles. The van der Waals surface area contributed by atoms with Crippen LogP contribution in [0.4, 0.5) is 20.5 Å². The number of pyridine rings is 1. The van der Waals surface area contributed by atoms with Crippen molar-refractivity contribution < 1.29 is 8.78 Å². The van der Waals surface area contributed by atoms with Gasteiger partial charge in [0, 0.05) is 36.8 Å². The van der Waals surface area contributed by atoms with Gasteiger partial charge in [-0.15, -0.1) is 0 Å². The van der Waals surface area contributed by atoms with Gasteiger partial charge in [0.1, 0.15) is 22.9 Å². The molecule has 0 amide bonds. The van der Waals surface area contributed by atoms with Gasteiger partial charge in [-0.1, -0.05) is 13.0 Å². The molecule has 0 atom stereocenters. The molecule has 0 fully saturated rings. The number of nitrogens with zero attached hydrogens (tertiary/aromatic N) is 6. The lowest BCUT2D eigenvalue weighted by atomic mass is 10.1. The SMILES string of the molecule is CCN1CCc2nc(Nc3ncc(F)c(-c4cc(F)c5nc(C)n(C(C)C)c5c4)n3)ccc2C1. The maximum absolute atomic E-state index is 14.9. The van der Waals surface area contributed by atoms with E-state index in [1.54, 1.807) is 6.07 Å². The van der Waals surface area contributed by atoms with E-state index in [2.05, 4.69) is 38.2 Å². The number of benzene rings is 1. The largest absolute Gasteiger partial charge is 0.326 e. The maximum Gasteiger partial charge on any atom is 0.229 e. The van der Waals surface area contributed by atoms with E-state index in [4.69, 9.17) is 4.98 Å². The summed E-state index contributed by atoms with van der Waals surface area (Å²) in [4.78, 5) is 19.9. The second-order valence-corrected chi connectivity index (χ2v) is 8.88. The second kappa shape index (κ2) is 8.72. The van der Waals surface area contributed by atoms with E-state index < -0.39 is 11.6 Å². The molecule has 9 heteroatoms. The number of aromatic nitrogens is 5. The molecule has 0 bridgehead atoms. The van der Waals surface area contributed by atoms with Crippen molar-refractivity contribution in [3.05, 3.63) is 59.2 Å². The molecule has 0 spiro atoms. The Balaban J connectivity index is 1.49. The van der Waals surface area contributed by atoms with Crippen LogP contribution in [-0.2, 0) is 13.0 Å². The summed E-state index contributed by atoms with van der Waals surface area (Å²) in [6.45, 7) is 10.8. The molecule has 7 nitrogen and oxygen atoms in total. The molecule has 3 aromatic heterocycles. The highest BCUT2D eigenvalue weighted by Crippen LogP contribution is 2.30. The van der Waals surface area contributed by atoms with Crippen LogP contribution in [0.1, 0.15) is 43.9 Å². The molecule has 0 unspecified atom stereocenters. The molecule has 0 saturated carbocycles. The maximum atomic E-state index is 14.9. The summed E-state index contributed by atoms with van der Waals surface area (Å²) < 4.78 is 31.6. The first kappa shape index (κ1) is 22.3. The Hall–Kier alpha value is -3.46. The monoisotopic (exact) mass is 463 g/mol. The summed E-state index contributed by atoms with van der Waals surface area (Å²) in [6.07, 6.45) is 1.96. The minimum Gasteiger partial charge on any atom is -0.326 e. The van der Waals surface area contributed by atoms with E-state index in [-0.39, 0.29) is 23.2 Å². The van der Waals surface area contributed by atoms with Crippen molar-refractivity contribution >= 4 is 22.8 Å². The van der Waals surface area contributed by atoms with Gasteiger partial charge >= 0.3 is 0 Å². The predicted octanol–water partition coefficient (Wildman–Crippen LogP) is 5.18. The van der Waals surface area contributed by atoms with E-state index in [0.717, 1.165) is 37.9 Å². The van der Waals surface area contributed by atoms with E-state index in [1.165, 1.54) is 11.6 Å². The molecular weight excluding hydrogens is 436 g/mol. The number of hydrogen-bond acceptors (Lipinski definition) is 6. The van der Waals surface area contributed by atoms with Gasteiger partial charge in [0.2, 0.25) is 5.95 Å². The third-order valence-electron chi connectivity index (χ3n) is 6.27. The minimum absolute atomic E-state index is 0.0176. The molecule has 176 valence electrons. The minimum atomic E-state index is -0.630. The molecule has 1 aromatic carbocycles. The van der Waals surface area contributed by atoms with Crippen LogP contribution in [0.3, 0.4) is 0 Å². The normalized spacial score (nSPS) is 14.1. The summed E-state index contributed by atoms with van der Waals surface area (Å²) in [5, 5.41) is 3.08. The average Bonchev–Trinajstić information content (AvgIpc) is 3.16. The number of aryl methyl sites for hydroxylation is 1. The number of halogens is 2. The van der Waals surface area contributed by atoms with E-state index in [9.17, 15) is 8.78 Å². The fourth-order valence-corrected chi connectivity index (χ4v) is 4.62. The quantitative estimate of drug-likeness (QED) is 0.440. The van der Waals surface area contributed by atoms with E-state index >= 15 is 0 Å². The van der Waals surface area contributed by atoms with Crippen LogP contribution in [0, 0.1) is 18.6 Å². The fraction of sp³-hybridized carbons (Fsp3) is 0.360. The van der Waals surface area contributed by atoms with Crippen LogP contribution in [0.5, 0.6) is 0 Å². The van der Waals surface area contributed by atoms with Crippen molar-refractivity contribution in [2.24, 2.45) is 0 Å². The first-order valence-corrected chi connectivity index (χ1v) is 11.5. The van der Waals surface area contributed by atoms with E-state index in [0.29, 0.717) is 22.7 Å². The Morgan fingerprint density at radius 3 is 2.68 bits per heavy atom. The Morgan fingerprint density at radius 2 is 1.91 bits per heavy atom. The molecule has 1 N–H and O–H groups in total. The third kappa shape index (κ3) is 4.00. The molecule has 4 aromatic rings. The van der Waals surface area contributed by atoms with E-state index in [1.807, 2.05) is 31.4 Å². The van der Waals surface area contributed by atoms with Gasteiger partial charge in [-0.2, -0.15) is 0 Å². The number of imidazole rings is 1. The highest BCUT2D eigenvalue weighted by atomic mass is 19.1. The van der Waals surface area contributed by atoms with Gasteiger partial charge in [0.25, 0.3) is 0 Å². The van der Waals surface area contributed by atoms with Crippen LogP contribution in [-0.4, -0.2) is 42.5 Å². The van der Waals surface area contributed by atoms with Gasteiger partial charge in [0.15, 0.2) is 11.6 Å². The third-order valence-corrected chi connectivity index (χ3v) is 6.27. The summed E-state index contributed by atoms with van der Waals surface area (Å²) in [5.74, 6) is 0.349. The molecule has 34 heavy (non-hydrogen) atoms. The van der Waals surface area contributed by atoms with Crippen molar-refractivity contribution in [1.29, 1.82) is 0 Å². The highest BCUT2D eigenvalue weighted by molar-refractivity contribution is 5.83. The highest BCUT2D eigenvalue weighted by Gasteiger charge is 2.19. The standard InChI is InChI=1S/C25H27F2N7/c1-5-33-9-8-20-16(13-33)6-7-22(30-20)31-25-28-12-19(27)23(32-25)17-10-18(26)24-21(11-17)34(14(2)3)15(4)29-24/h6-7,10-12,14H,5,8-9,13H2,1-4H3,(H,28,30,31,32). The number of fused-ring (bicyclic) bond motifs is 2. The molecular formula is C25H27F2N7. The fourth-order valence-electron chi connectivity index (χ4n) is 4.62. The Kier molecular flexibility index (Phi) is 5.73. The number of likely N-dealkylation sites (N-methyl/N-ethyl adjacent to an activating group) is 1. The Bertz CT molecular complexity index is 1380. The van der Waals surface area contributed by atoms with Crippen LogP contribution in [0.25, 0.3) is 22.3 Å². The summed E-state index contributed by atoms with van der Waals surface area (Å²) in [7, 11) is 0. The first-order valence-electron chi connectivity index (χ1n) is 11.5. The van der Waals surface area contributed by atoms with Gasteiger partial charge in [-0.25, -0.2) is 28.7 Å². The zero-order valence-corrected chi connectivity index (χ0v) is 19.7. The zero-order valence-electron chi connectivity index (χ0n) is 19.7. The van der Waals surface area contributed by atoms with Crippen LogP contribution >= 0.6 is 0 Å². The molecule has 1 aliphatic rings. The van der Waals surface area contributed by atoms with Crippen molar-refractivity contribution in [1.82, 2.24) is 29.4 Å². The van der Waals surface area contributed by atoms with Crippen LogP contribution < -0.4 is 5.32 Å². The lowest BCUT2D eigenvalue weighted by molar-refractivity contribution is 0.266. The van der Waals surface area contributed by atoms with Gasteiger partial charge < -0.3 is 9.88 Å². The number of hydrogen-bond donors (Lipinski definition) is 1. The molecule has 0 radical (unpaired) electrons. The average molecular weight is 464 g/mol. The topological polar surface area (TPSA) is 71.8 Å². The second-order valence-electron chi connectivity index (χ2n) is 8.88. The van der Waals surface area contributed by atoms with Crippen molar-refractivity contribution in [3.8, 4) is 11.3 Å². The number of anilines is 2. The smallest absolute Gasteiger partial charge is 0.229 e. The number of nitrogens with one attached hydrogen (secondary N) is 1. The molecule has 4 heterocycles. The van der Waals surface area contributed by atoms with Gasteiger partial charge in [-0.05, 0) is 51.1 Å². The molecule has 0 saturated heterocycles. The molecule has 5 rings (SSSR count). The summed E-state index contributed by atoms with van der Waals surface area (Å²) in [5.41, 5.74) is 3.47. The zero-order chi connectivity index (χ0) is 24.0. The van der Waals surface area contributed by atoms with Crippen LogP contribution in [0.2, 0.25) is 0 Å². The Labute approximate surface area is 196 Å². The lowest BCUT2D eigenvalue weighted by Gasteiger charge is -2.27. The van der Waals surface area contributed by atoms with Crippen LogP contribution in [0.15, 0.2) is 30.5 Å². The molecule has 0 aliphatic carbocycles. The Morgan fingerprint density at radius 1 is 1.09 bits per heavy atom. The summed E-state index contributed by atoms with van der Waals surface area (Å²) in [6, 6.07) is 7.00. The van der Waals surface area contributed by atoms with Crippen molar-refractivity contribution in [2.75, 3.05) is 18.4 Å². The van der Waals surface area contributed by atoms with Gasteiger partial charge in [-0.3, -0.25) is 4.90 Å². The van der Waals surface area contributed by atoms with Crippen molar-refractivity contribution in [3.63, 3.8) is 0 Å². The number of rotatable bonds is 5. The first-order chi connectivity index (χ1) is 16.3. The lowest BCUT2D eigenvalue weighted by Crippen LogP contribution is -2.30. The predicted molar refractivity (Wildman–Crippen MR) is 128 cm³/mol.